The fourth-order valence-corrected chi connectivity index (χ4v) is 2.28. The molecule has 0 spiro atoms. The summed E-state index contributed by atoms with van der Waals surface area (Å²) in [5.41, 5.74) is 2.00. The number of ketones is 1. The first-order valence-electron chi connectivity index (χ1n) is 5.48. The highest BCUT2D eigenvalue weighted by atomic mass is 32.1. The molecule has 0 aliphatic rings. The van der Waals surface area contributed by atoms with Gasteiger partial charge in [-0.2, -0.15) is 0 Å². The quantitative estimate of drug-likeness (QED) is 0.861. The molecule has 0 bridgehead atoms. The highest BCUT2D eigenvalue weighted by Crippen LogP contribution is 2.24. The Morgan fingerprint density at radius 3 is 2.83 bits per heavy atom. The van der Waals surface area contributed by atoms with Crippen LogP contribution >= 0.6 is 11.3 Å². The number of nitrogens with zero attached hydrogens (tertiary/aromatic N) is 1. The van der Waals surface area contributed by atoms with Gasteiger partial charge < -0.3 is 10.1 Å². The molecule has 4 nitrogen and oxygen atoms in total. The zero-order valence-electron chi connectivity index (χ0n) is 10.5. The number of ether oxygens (including phenoxy) is 1. The molecule has 0 unspecified atom stereocenters. The standard InChI is InChI=1S/C13H14N2O2S/c1-8-4-5-11(17-3)9(6-8)12(16)10-7-18-13(14-2)15-10/h4-7H,1-3H3,(H,14,15). The fourth-order valence-electron chi connectivity index (χ4n) is 1.63. The number of hydrogen-bond acceptors (Lipinski definition) is 5. The smallest absolute Gasteiger partial charge is 0.216 e. The van der Waals surface area contributed by atoms with Gasteiger partial charge in [0.15, 0.2) is 5.13 Å². The lowest BCUT2D eigenvalue weighted by atomic mass is 10.1. The lowest BCUT2D eigenvalue weighted by Crippen LogP contribution is -2.05. The molecule has 0 aliphatic heterocycles. The third kappa shape index (κ3) is 2.36. The Kier molecular flexibility index (Phi) is 3.62. The van der Waals surface area contributed by atoms with E-state index in [9.17, 15) is 4.79 Å². The van der Waals surface area contributed by atoms with Crippen molar-refractivity contribution in [3.05, 3.63) is 40.4 Å². The molecule has 1 aromatic carbocycles. The molecule has 1 heterocycles. The van der Waals surface area contributed by atoms with E-state index in [0.717, 1.165) is 10.7 Å². The summed E-state index contributed by atoms with van der Waals surface area (Å²) in [5, 5.41) is 5.39. The molecule has 0 atom stereocenters. The zero-order chi connectivity index (χ0) is 13.1. The Hall–Kier alpha value is -1.88. The van der Waals surface area contributed by atoms with Gasteiger partial charge in [-0.25, -0.2) is 4.98 Å². The summed E-state index contributed by atoms with van der Waals surface area (Å²) in [4.78, 5) is 16.6. The summed E-state index contributed by atoms with van der Waals surface area (Å²) in [6.45, 7) is 1.94. The molecular weight excluding hydrogens is 248 g/mol. The average molecular weight is 262 g/mol. The van der Waals surface area contributed by atoms with E-state index < -0.39 is 0 Å². The summed E-state index contributed by atoms with van der Waals surface area (Å²) in [7, 11) is 3.34. The Morgan fingerprint density at radius 2 is 2.22 bits per heavy atom. The van der Waals surface area contributed by atoms with Crippen LogP contribution in [-0.2, 0) is 0 Å². The van der Waals surface area contributed by atoms with Crippen LogP contribution < -0.4 is 10.1 Å². The lowest BCUT2D eigenvalue weighted by molar-refractivity contribution is 0.103. The molecule has 5 heteroatoms. The minimum absolute atomic E-state index is 0.117. The normalized spacial score (nSPS) is 10.2. The maximum Gasteiger partial charge on any atom is 0.216 e. The average Bonchev–Trinajstić information content (AvgIpc) is 2.86. The van der Waals surface area contributed by atoms with Gasteiger partial charge in [0.1, 0.15) is 11.4 Å². The van der Waals surface area contributed by atoms with E-state index in [1.807, 2.05) is 19.1 Å². The van der Waals surface area contributed by atoms with Gasteiger partial charge in [0, 0.05) is 12.4 Å². The van der Waals surface area contributed by atoms with Crippen LogP contribution in [0.4, 0.5) is 5.13 Å². The molecule has 0 aliphatic carbocycles. The van der Waals surface area contributed by atoms with Gasteiger partial charge in [0.05, 0.1) is 12.7 Å². The van der Waals surface area contributed by atoms with Crippen LogP contribution in [0.25, 0.3) is 0 Å². The minimum atomic E-state index is -0.117. The van der Waals surface area contributed by atoms with Crippen molar-refractivity contribution in [2.75, 3.05) is 19.5 Å². The van der Waals surface area contributed by atoms with E-state index in [2.05, 4.69) is 10.3 Å². The summed E-state index contributed by atoms with van der Waals surface area (Å²) in [5.74, 6) is 0.456. The molecular formula is C13H14N2O2S. The first-order chi connectivity index (χ1) is 8.65. The first kappa shape index (κ1) is 12.6. The largest absolute Gasteiger partial charge is 0.496 e. The van der Waals surface area contributed by atoms with Crippen molar-refractivity contribution < 1.29 is 9.53 Å². The minimum Gasteiger partial charge on any atom is -0.496 e. The predicted molar refractivity (Wildman–Crippen MR) is 72.8 cm³/mol. The van der Waals surface area contributed by atoms with Crippen molar-refractivity contribution >= 4 is 22.3 Å². The van der Waals surface area contributed by atoms with Crippen molar-refractivity contribution in [2.45, 2.75) is 6.92 Å². The van der Waals surface area contributed by atoms with Crippen LogP contribution in [0.2, 0.25) is 0 Å². The number of nitrogens with one attached hydrogen (secondary N) is 1. The van der Waals surface area contributed by atoms with Gasteiger partial charge in [-0.05, 0) is 19.1 Å². The summed E-state index contributed by atoms with van der Waals surface area (Å²) < 4.78 is 5.22. The molecule has 1 aromatic heterocycles. The van der Waals surface area contributed by atoms with Gasteiger partial charge in [-0.1, -0.05) is 11.6 Å². The number of aromatic nitrogens is 1. The van der Waals surface area contributed by atoms with E-state index in [1.165, 1.54) is 11.3 Å². The second-order valence-electron chi connectivity index (χ2n) is 3.82. The number of methoxy groups -OCH3 is 1. The SMILES string of the molecule is CNc1nc(C(=O)c2cc(C)ccc2OC)cs1. The second-order valence-corrected chi connectivity index (χ2v) is 4.68. The molecule has 2 rings (SSSR count). The Morgan fingerprint density at radius 1 is 1.44 bits per heavy atom. The van der Waals surface area contributed by atoms with Gasteiger partial charge in [-0.3, -0.25) is 4.79 Å². The van der Waals surface area contributed by atoms with Crippen LogP contribution in [0.5, 0.6) is 5.75 Å². The number of carbonyl (C=O) groups is 1. The van der Waals surface area contributed by atoms with Crippen LogP contribution in [0, 0.1) is 6.92 Å². The van der Waals surface area contributed by atoms with Gasteiger partial charge in [0.2, 0.25) is 5.78 Å². The molecule has 0 saturated heterocycles. The van der Waals surface area contributed by atoms with E-state index in [4.69, 9.17) is 4.74 Å². The Labute approximate surface area is 110 Å². The van der Waals surface area contributed by atoms with Crippen LogP contribution in [0.1, 0.15) is 21.6 Å². The van der Waals surface area contributed by atoms with Gasteiger partial charge in [-0.15, -0.1) is 11.3 Å². The topological polar surface area (TPSA) is 51.2 Å². The van der Waals surface area contributed by atoms with Gasteiger partial charge in [0.25, 0.3) is 0 Å². The lowest BCUT2D eigenvalue weighted by Gasteiger charge is -2.07. The van der Waals surface area contributed by atoms with Crippen molar-refractivity contribution in [1.29, 1.82) is 0 Å². The van der Waals surface area contributed by atoms with Crippen LogP contribution in [0.15, 0.2) is 23.6 Å². The Bertz CT molecular complexity index is 578. The zero-order valence-corrected chi connectivity index (χ0v) is 11.3. The molecule has 0 amide bonds. The Balaban J connectivity index is 2.41. The number of rotatable bonds is 4. The highest BCUT2D eigenvalue weighted by molar-refractivity contribution is 7.13. The van der Waals surface area contributed by atoms with Crippen molar-refractivity contribution in [3.63, 3.8) is 0 Å². The van der Waals surface area contributed by atoms with E-state index >= 15 is 0 Å². The summed E-state index contributed by atoms with van der Waals surface area (Å²) in [6.07, 6.45) is 0. The second kappa shape index (κ2) is 5.18. The number of carbonyl (C=O) groups excluding carboxylic acids is 1. The van der Waals surface area contributed by atoms with Crippen molar-refractivity contribution in [2.24, 2.45) is 0 Å². The maximum atomic E-state index is 12.3. The summed E-state index contributed by atoms with van der Waals surface area (Å²) >= 11 is 1.41. The summed E-state index contributed by atoms with van der Waals surface area (Å²) in [6, 6.07) is 5.53. The number of benzene rings is 1. The van der Waals surface area contributed by atoms with E-state index in [0.29, 0.717) is 17.0 Å². The molecule has 0 radical (unpaired) electrons. The monoisotopic (exact) mass is 262 g/mol. The van der Waals surface area contributed by atoms with E-state index in [1.54, 1.807) is 25.6 Å². The van der Waals surface area contributed by atoms with Crippen molar-refractivity contribution in [3.8, 4) is 5.75 Å². The number of anilines is 1. The maximum absolute atomic E-state index is 12.3. The number of hydrogen-bond donors (Lipinski definition) is 1. The molecule has 2 aromatic rings. The van der Waals surface area contributed by atoms with Gasteiger partial charge >= 0.3 is 0 Å². The fraction of sp³-hybridized carbons (Fsp3) is 0.231. The number of thiazole rings is 1. The molecule has 94 valence electrons. The van der Waals surface area contributed by atoms with Crippen LogP contribution in [0.3, 0.4) is 0 Å². The van der Waals surface area contributed by atoms with Crippen LogP contribution in [-0.4, -0.2) is 24.9 Å². The third-order valence-electron chi connectivity index (χ3n) is 2.55. The molecule has 0 fully saturated rings. The predicted octanol–water partition coefficient (Wildman–Crippen LogP) is 2.73. The molecule has 18 heavy (non-hydrogen) atoms. The molecule has 0 saturated carbocycles. The van der Waals surface area contributed by atoms with Crippen molar-refractivity contribution in [1.82, 2.24) is 4.98 Å². The third-order valence-corrected chi connectivity index (χ3v) is 3.41. The molecule has 1 N–H and O–H groups in total. The first-order valence-corrected chi connectivity index (χ1v) is 6.36. The number of aryl methyl sites for hydroxylation is 1. The highest BCUT2D eigenvalue weighted by Gasteiger charge is 2.17. The van der Waals surface area contributed by atoms with E-state index in [-0.39, 0.29) is 5.78 Å².